The second-order valence-corrected chi connectivity index (χ2v) is 7.73. The van der Waals surface area contributed by atoms with Crippen LogP contribution in [0.1, 0.15) is 20.8 Å². The predicted octanol–water partition coefficient (Wildman–Crippen LogP) is 1.83. The molecule has 1 aromatic rings. The lowest BCUT2D eigenvalue weighted by molar-refractivity contribution is 0.481. The van der Waals surface area contributed by atoms with Gasteiger partial charge in [-0.2, -0.15) is 0 Å². The van der Waals surface area contributed by atoms with Gasteiger partial charge in [-0.05, 0) is 31.0 Å². The van der Waals surface area contributed by atoms with E-state index in [-0.39, 0.29) is 17.5 Å². The van der Waals surface area contributed by atoms with Crippen LogP contribution < -0.4 is 15.4 Å². The third-order valence-electron chi connectivity index (χ3n) is 3.40. The molecule has 6 nitrogen and oxygen atoms in total. The van der Waals surface area contributed by atoms with Crippen molar-refractivity contribution in [2.24, 2.45) is 10.9 Å². The molecule has 1 atom stereocenters. The number of hydrogen-bond donors (Lipinski definition) is 3. The van der Waals surface area contributed by atoms with Gasteiger partial charge in [0.15, 0.2) is 5.96 Å². The second kappa shape index (κ2) is 9.10. The first-order valence-electron chi connectivity index (χ1n) is 7.48. The monoisotopic (exact) mass is 360 g/mol. The maximum absolute atomic E-state index is 12.1. The van der Waals surface area contributed by atoms with Crippen LogP contribution in [-0.4, -0.2) is 40.6 Å². The Morgan fingerprint density at radius 2 is 1.96 bits per heavy atom. The molecule has 0 spiro atoms. The normalized spacial score (nSPS) is 13.9. The Morgan fingerprint density at radius 3 is 2.52 bits per heavy atom. The summed E-state index contributed by atoms with van der Waals surface area (Å²) in [5, 5.41) is 6.71. The number of halogens is 1. The first-order chi connectivity index (χ1) is 10.8. The van der Waals surface area contributed by atoms with E-state index >= 15 is 0 Å². The van der Waals surface area contributed by atoms with Gasteiger partial charge in [0.2, 0.25) is 10.0 Å². The van der Waals surface area contributed by atoms with Crippen molar-refractivity contribution in [2.45, 2.75) is 31.7 Å². The van der Waals surface area contributed by atoms with Gasteiger partial charge in [0.1, 0.15) is 0 Å². The number of benzene rings is 1. The largest absolute Gasteiger partial charge is 0.355 e. The molecule has 0 radical (unpaired) electrons. The SMILES string of the molecule is CN=C(NCCNS(=O)(=O)c1cccc(Cl)c1)NC(C)C(C)C. The molecule has 3 N–H and O–H groups in total. The molecule has 1 unspecified atom stereocenters. The summed E-state index contributed by atoms with van der Waals surface area (Å²) < 4.78 is 26.8. The van der Waals surface area contributed by atoms with Crippen molar-refractivity contribution in [2.75, 3.05) is 20.1 Å². The summed E-state index contributed by atoms with van der Waals surface area (Å²) in [5.74, 6) is 1.11. The zero-order valence-corrected chi connectivity index (χ0v) is 15.5. The molecule has 0 aliphatic rings. The quantitative estimate of drug-likeness (QED) is 0.393. The Hall–Kier alpha value is -1.31. The Kier molecular flexibility index (Phi) is 7.81. The van der Waals surface area contributed by atoms with Crippen molar-refractivity contribution >= 4 is 27.6 Å². The molecule has 1 aromatic carbocycles. The number of rotatable bonds is 7. The van der Waals surface area contributed by atoms with Crippen LogP contribution in [0.25, 0.3) is 0 Å². The van der Waals surface area contributed by atoms with Gasteiger partial charge < -0.3 is 10.6 Å². The van der Waals surface area contributed by atoms with Gasteiger partial charge in [0.25, 0.3) is 0 Å². The lowest BCUT2D eigenvalue weighted by Gasteiger charge is -2.20. The molecule has 0 aliphatic heterocycles. The van der Waals surface area contributed by atoms with E-state index in [0.29, 0.717) is 23.4 Å². The maximum Gasteiger partial charge on any atom is 0.240 e. The number of guanidine groups is 1. The molecule has 0 saturated carbocycles. The van der Waals surface area contributed by atoms with E-state index in [4.69, 9.17) is 11.6 Å². The van der Waals surface area contributed by atoms with Crippen LogP contribution in [0.15, 0.2) is 34.2 Å². The average molecular weight is 361 g/mol. The number of sulfonamides is 1. The van der Waals surface area contributed by atoms with Crippen molar-refractivity contribution in [1.82, 2.24) is 15.4 Å². The molecule has 0 heterocycles. The van der Waals surface area contributed by atoms with Crippen LogP contribution in [0.2, 0.25) is 5.02 Å². The van der Waals surface area contributed by atoms with E-state index in [1.807, 2.05) is 0 Å². The highest BCUT2D eigenvalue weighted by atomic mass is 35.5. The molecule has 0 aromatic heterocycles. The average Bonchev–Trinajstić information content (AvgIpc) is 2.49. The summed E-state index contributed by atoms with van der Waals surface area (Å²) >= 11 is 5.82. The van der Waals surface area contributed by atoms with Crippen LogP contribution in [0.5, 0.6) is 0 Å². The summed E-state index contributed by atoms with van der Waals surface area (Å²) in [6.45, 7) is 6.96. The van der Waals surface area contributed by atoms with E-state index in [9.17, 15) is 8.42 Å². The zero-order valence-electron chi connectivity index (χ0n) is 13.9. The fourth-order valence-electron chi connectivity index (χ4n) is 1.66. The van der Waals surface area contributed by atoms with Crippen LogP contribution >= 0.6 is 11.6 Å². The van der Waals surface area contributed by atoms with E-state index in [1.165, 1.54) is 12.1 Å². The molecule has 23 heavy (non-hydrogen) atoms. The fourth-order valence-corrected chi connectivity index (χ4v) is 2.99. The van der Waals surface area contributed by atoms with Crippen LogP contribution in [-0.2, 0) is 10.0 Å². The second-order valence-electron chi connectivity index (χ2n) is 5.53. The Morgan fingerprint density at radius 1 is 1.26 bits per heavy atom. The van der Waals surface area contributed by atoms with Gasteiger partial charge >= 0.3 is 0 Å². The van der Waals surface area contributed by atoms with Crippen molar-refractivity contribution in [3.8, 4) is 0 Å². The number of aliphatic imine (C=N–C) groups is 1. The lowest BCUT2D eigenvalue weighted by Crippen LogP contribution is -2.46. The standard InChI is InChI=1S/C15H25ClN4O2S/c1-11(2)12(3)20-15(17-4)18-8-9-19-23(21,22)14-7-5-6-13(16)10-14/h5-7,10-12,19H,8-9H2,1-4H3,(H2,17,18,20). The molecule has 0 saturated heterocycles. The molecular formula is C15H25ClN4O2S. The minimum atomic E-state index is -3.56. The topological polar surface area (TPSA) is 82.6 Å². The first kappa shape index (κ1) is 19.7. The van der Waals surface area contributed by atoms with E-state index in [0.717, 1.165) is 0 Å². The molecule has 8 heteroatoms. The summed E-state index contributed by atoms with van der Waals surface area (Å²) in [5.41, 5.74) is 0. The highest BCUT2D eigenvalue weighted by Crippen LogP contribution is 2.14. The van der Waals surface area contributed by atoms with Gasteiger partial charge in [-0.1, -0.05) is 31.5 Å². The smallest absolute Gasteiger partial charge is 0.240 e. The summed E-state index contributed by atoms with van der Waals surface area (Å²) in [7, 11) is -1.88. The first-order valence-corrected chi connectivity index (χ1v) is 9.35. The summed E-state index contributed by atoms with van der Waals surface area (Å²) in [6.07, 6.45) is 0. The molecule has 0 bridgehead atoms. The Balaban J connectivity index is 2.47. The van der Waals surface area contributed by atoms with Gasteiger partial charge in [-0.3, -0.25) is 4.99 Å². The van der Waals surface area contributed by atoms with Crippen LogP contribution in [0, 0.1) is 5.92 Å². The van der Waals surface area contributed by atoms with Gasteiger partial charge in [0, 0.05) is 31.2 Å². The van der Waals surface area contributed by atoms with Crippen molar-refractivity contribution < 1.29 is 8.42 Å². The molecule has 0 aliphatic carbocycles. The molecule has 0 amide bonds. The predicted molar refractivity (Wildman–Crippen MR) is 95.4 cm³/mol. The van der Waals surface area contributed by atoms with Crippen molar-refractivity contribution in [1.29, 1.82) is 0 Å². The van der Waals surface area contributed by atoms with E-state index in [1.54, 1.807) is 19.2 Å². The van der Waals surface area contributed by atoms with E-state index in [2.05, 4.69) is 41.1 Å². The van der Waals surface area contributed by atoms with Gasteiger partial charge in [0.05, 0.1) is 4.90 Å². The number of nitrogens with one attached hydrogen (secondary N) is 3. The molecule has 1 rings (SSSR count). The Bertz CT molecular complexity index is 632. The minimum absolute atomic E-state index is 0.154. The third-order valence-corrected chi connectivity index (χ3v) is 5.10. The zero-order chi connectivity index (χ0) is 17.5. The highest BCUT2D eigenvalue weighted by Gasteiger charge is 2.14. The van der Waals surface area contributed by atoms with Crippen molar-refractivity contribution in [3.05, 3.63) is 29.3 Å². The highest BCUT2D eigenvalue weighted by molar-refractivity contribution is 7.89. The molecular weight excluding hydrogens is 336 g/mol. The number of nitrogens with zero attached hydrogens (tertiary/aromatic N) is 1. The molecule has 130 valence electrons. The molecule has 0 fully saturated rings. The number of hydrogen-bond acceptors (Lipinski definition) is 3. The van der Waals surface area contributed by atoms with Crippen LogP contribution in [0.3, 0.4) is 0 Å². The van der Waals surface area contributed by atoms with Gasteiger partial charge in [-0.15, -0.1) is 0 Å². The van der Waals surface area contributed by atoms with Crippen molar-refractivity contribution in [3.63, 3.8) is 0 Å². The summed E-state index contributed by atoms with van der Waals surface area (Å²) in [6, 6.07) is 6.43. The van der Waals surface area contributed by atoms with E-state index < -0.39 is 10.0 Å². The van der Waals surface area contributed by atoms with Gasteiger partial charge in [-0.25, -0.2) is 13.1 Å². The third kappa shape index (κ3) is 6.76. The Labute approximate surface area is 143 Å². The minimum Gasteiger partial charge on any atom is -0.355 e. The fraction of sp³-hybridized carbons (Fsp3) is 0.533. The lowest BCUT2D eigenvalue weighted by atomic mass is 10.1. The van der Waals surface area contributed by atoms with Crippen LogP contribution in [0.4, 0.5) is 0 Å². The maximum atomic E-state index is 12.1. The summed E-state index contributed by atoms with van der Waals surface area (Å²) in [4.78, 5) is 4.27.